The van der Waals surface area contributed by atoms with Gasteiger partial charge in [0, 0.05) is 6.54 Å². The maximum absolute atomic E-state index is 11.7. The summed E-state index contributed by atoms with van der Waals surface area (Å²) in [5.74, 6) is -0.562. The SMILES string of the molecule is CC(C)(C)OC(=O)N1CCO[C@@H](C(N)=O)C1. The average molecular weight is 230 g/mol. The van der Waals surface area contributed by atoms with Crippen molar-refractivity contribution < 1.29 is 19.1 Å². The van der Waals surface area contributed by atoms with E-state index in [9.17, 15) is 9.59 Å². The Bertz CT molecular complexity index is 285. The van der Waals surface area contributed by atoms with Crippen LogP contribution in [0.2, 0.25) is 0 Å². The van der Waals surface area contributed by atoms with Crippen molar-refractivity contribution in [3.05, 3.63) is 0 Å². The number of morpholine rings is 1. The fourth-order valence-corrected chi connectivity index (χ4v) is 1.31. The number of carbonyl (C=O) groups excluding carboxylic acids is 2. The predicted octanol–water partition coefficient (Wildman–Crippen LogP) is 0.108. The minimum atomic E-state index is -0.735. The highest BCUT2D eigenvalue weighted by atomic mass is 16.6. The van der Waals surface area contributed by atoms with Gasteiger partial charge in [0.25, 0.3) is 0 Å². The first kappa shape index (κ1) is 12.8. The lowest BCUT2D eigenvalue weighted by molar-refractivity contribution is -0.134. The summed E-state index contributed by atoms with van der Waals surface area (Å²) in [6.45, 7) is 6.24. The lowest BCUT2D eigenvalue weighted by Gasteiger charge is -2.32. The highest BCUT2D eigenvalue weighted by molar-refractivity contribution is 5.80. The van der Waals surface area contributed by atoms with E-state index >= 15 is 0 Å². The first-order chi connectivity index (χ1) is 7.29. The molecule has 6 nitrogen and oxygen atoms in total. The lowest BCUT2D eigenvalue weighted by atomic mass is 10.2. The van der Waals surface area contributed by atoms with Crippen LogP contribution in [0.4, 0.5) is 4.79 Å². The Morgan fingerprint density at radius 2 is 2.06 bits per heavy atom. The van der Waals surface area contributed by atoms with E-state index in [2.05, 4.69) is 0 Å². The molecule has 1 fully saturated rings. The zero-order valence-corrected chi connectivity index (χ0v) is 9.86. The van der Waals surface area contributed by atoms with Crippen LogP contribution < -0.4 is 5.73 Å². The molecule has 92 valence electrons. The van der Waals surface area contributed by atoms with Gasteiger partial charge in [-0.25, -0.2) is 4.79 Å². The van der Waals surface area contributed by atoms with Crippen molar-refractivity contribution in [1.29, 1.82) is 0 Å². The Kier molecular flexibility index (Phi) is 3.74. The molecule has 1 rings (SSSR count). The number of primary amides is 1. The third-order valence-corrected chi connectivity index (χ3v) is 2.04. The van der Waals surface area contributed by atoms with Gasteiger partial charge < -0.3 is 20.1 Å². The maximum atomic E-state index is 11.7. The number of rotatable bonds is 1. The molecule has 0 unspecified atom stereocenters. The quantitative estimate of drug-likeness (QED) is 0.693. The molecule has 1 atom stereocenters. The summed E-state index contributed by atoms with van der Waals surface area (Å²) in [4.78, 5) is 24.0. The molecule has 0 aromatic rings. The Morgan fingerprint density at radius 3 is 2.56 bits per heavy atom. The molecular weight excluding hydrogens is 212 g/mol. The molecule has 1 saturated heterocycles. The van der Waals surface area contributed by atoms with Crippen molar-refractivity contribution >= 4 is 12.0 Å². The molecule has 0 spiro atoms. The number of ether oxygens (including phenoxy) is 2. The minimum absolute atomic E-state index is 0.157. The van der Waals surface area contributed by atoms with Gasteiger partial charge in [0.05, 0.1) is 13.2 Å². The molecule has 0 aliphatic carbocycles. The second-order valence-electron chi connectivity index (χ2n) is 4.69. The standard InChI is InChI=1S/C10H18N2O4/c1-10(2,3)16-9(14)12-4-5-15-7(6-12)8(11)13/h7H,4-6H2,1-3H3,(H2,11,13)/t7-/m1/s1. The second-order valence-corrected chi connectivity index (χ2v) is 4.69. The zero-order valence-electron chi connectivity index (χ0n) is 9.86. The number of hydrogen-bond acceptors (Lipinski definition) is 4. The Balaban J connectivity index is 2.54. The van der Waals surface area contributed by atoms with E-state index < -0.39 is 23.7 Å². The van der Waals surface area contributed by atoms with E-state index in [4.69, 9.17) is 15.2 Å². The van der Waals surface area contributed by atoms with E-state index in [0.717, 1.165) is 0 Å². The predicted molar refractivity (Wildman–Crippen MR) is 56.7 cm³/mol. The van der Waals surface area contributed by atoms with Crippen molar-refractivity contribution in [3.8, 4) is 0 Å². The van der Waals surface area contributed by atoms with E-state index in [0.29, 0.717) is 13.2 Å². The Hall–Kier alpha value is -1.30. The topological polar surface area (TPSA) is 81.9 Å². The monoisotopic (exact) mass is 230 g/mol. The van der Waals surface area contributed by atoms with Crippen LogP contribution in [-0.4, -0.2) is 48.3 Å². The Morgan fingerprint density at radius 1 is 1.44 bits per heavy atom. The van der Waals surface area contributed by atoms with Gasteiger partial charge in [0.1, 0.15) is 5.60 Å². The van der Waals surface area contributed by atoms with Gasteiger partial charge in [0.2, 0.25) is 5.91 Å². The molecule has 2 N–H and O–H groups in total. The molecule has 1 heterocycles. The fourth-order valence-electron chi connectivity index (χ4n) is 1.31. The smallest absolute Gasteiger partial charge is 0.410 e. The molecule has 0 radical (unpaired) electrons. The number of nitrogens with zero attached hydrogens (tertiary/aromatic N) is 1. The van der Waals surface area contributed by atoms with Crippen molar-refractivity contribution in [2.45, 2.75) is 32.5 Å². The molecule has 1 aliphatic heterocycles. The fraction of sp³-hybridized carbons (Fsp3) is 0.800. The van der Waals surface area contributed by atoms with Crippen molar-refractivity contribution in [2.75, 3.05) is 19.7 Å². The summed E-state index contributed by atoms with van der Waals surface area (Å²) >= 11 is 0. The average Bonchev–Trinajstić information content (AvgIpc) is 2.15. The highest BCUT2D eigenvalue weighted by Crippen LogP contribution is 2.12. The van der Waals surface area contributed by atoms with Crippen molar-refractivity contribution in [1.82, 2.24) is 4.90 Å². The van der Waals surface area contributed by atoms with Crippen LogP contribution in [0, 0.1) is 0 Å². The van der Waals surface area contributed by atoms with Gasteiger partial charge in [-0.15, -0.1) is 0 Å². The molecule has 2 amide bonds. The summed E-state index contributed by atoms with van der Waals surface area (Å²) in [5, 5.41) is 0. The number of amides is 2. The van der Waals surface area contributed by atoms with Gasteiger partial charge in [-0.05, 0) is 20.8 Å². The van der Waals surface area contributed by atoms with Gasteiger partial charge in [-0.1, -0.05) is 0 Å². The number of nitrogens with two attached hydrogens (primary N) is 1. The summed E-state index contributed by atoms with van der Waals surface area (Å²) in [7, 11) is 0. The van der Waals surface area contributed by atoms with Crippen LogP contribution in [0.5, 0.6) is 0 Å². The molecule has 0 aromatic heterocycles. The normalized spacial score (nSPS) is 21.7. The van der Waals surface area contributed by atoms with Crippen molar-refractivity contribution in [2.24, 2.45) is 5.73 Å². The summed E-state index contributed by atoms with van der Waals surface area (Å²) < 4.78 is 10.3. The second kappa shape index (κ2) is 4.69. The van der Waals surface area contributed by atoms with E-state index in [1.54, 1.807) is 20.8 Å². The largest absolute Gasteiger partial charge is 0.444 e. The summed E-state index contributed by atoms with van der Waals surface area (Å²) in [5.41, 5.74) is 4.57. The molecule has 0 bridgehead atoms. The van der Waals surface area contributed by atoms with Crippen LogP contribution in [0.3, 0.4) is 0 Å². The van der Waals surface area contributed by atoms with Gasteiger partial charge in [-0.3, -0.25) is 4.79 Å². The minimum Gasteiger partial charge on any atom is -0.444 e. The highest BCUT2D eigenvalue weighted by Gasteiger charge is 2.30. The third-order valence-electron chi connectivity index (χ3n) is 2.04. The van der Waals surface area contributed by atoms with Crippen LogP contribution >= 0.6 is 0 Å². The molecule has 16 heavy (non-hydrogen) atoms. The van der Waals surface area contributed by atoms with E-state index in [-0.39, 0.29) is 6.54 Å². The summed E-state index contributed by atoms with van der Waals surface area (Å²) in [6, 6.07) is 0. The van der Waals surface area contributed by atoms with Crippen LogP contribution in [0.15, 0.2) is 0 Å². The molecule has 0 saturated carbocycles. The lowest BCUT2D eigenvalue weighted by Crippen LogP contribution is -2.51. The Labute approximate surface area is 94.7 Å². The first-order valence-electron chi connectivity index (χ1n) is 5.18. The maximum Gasteiger partial charge on any atom is 0.410 e. The van der Waals surface area contributed by atoms with Crippen LogP contribution in [0.25, 0.3) is 0 Å². The molecular formula is C10H18N2O4. The molecule has 0 aromatic carbocycles. The van der Waals surface area contributed by atoms with Crippen molar-refractivity contribution in [3.63, 3.8) is 0 Å². The molecule has 6 heteroatoms. The van der Waals surface area contributed by atoms with Gasteiger partial charge in [-0.2, -0.15) is 0 Å². The first-order valence-corrected chi connectivity index (χ1v) is 5.18. The van der Waals surface area contributed by atoms with E-state index in [1.165, 1.54) is 4.90 Å². The number of hydrogen-bond donors (Lipinski definition) is 1. The molecule has 1 aliphatic rings. The van der Waals surface area contributed by atoms with Crippen LogP contribution in [0.1, 0.15) is 20.8 Å². The summed E-state index contributed by atoms with van der Waals surface area (Å²) in [6.07, 6.45) is -1.18. The van der Waals surface area contributed by atoms with Gasteiger partial charge >= 0.3 is 6.09 Å². The number of carbonyl (C=O) groups is 2. The zero-order chi connectivity index (χ0) is 12.3. The van der Waals surface area contributed by atoms with E-state index in [1.807, 2.05) is 0 Å². The van der Waals surface area contributed by atoms with Crippen LogP contribution in [-0.2, 0) is 14.3 Å². The van der Waals surface area contributed by atoms with Gasteiger partial charge in [0.15, 0.2) is 6.10 Å². The third kappa shape index (κ3) is 3.69.